The highest BCUT2D eigenvalue weighted by Crippen LogP contribution is 2.15. The number of aromatic amines is 1. The third-order valence-electron chi connectivity index (χ3n) is 3.71. The fraction of sp³-hybridized carbons (Fsp3) is 0.400. The summed E-state index contributed by atoms with van der Waals surface area (Å²) in [5.74, 6) is -0.106. The molecule has 7 heteroatoms. The van der Waals surface area contributed by atoms with Gasteiger partial charge in [-0.3, -0.25) is 14.5 Å². The summed E-state index contributed by atoms with van der Waals surface area (Å²) in [5, 5.41) is 1.08. The average molecular weight is 318 g/mol. The molecule has 1 aliphatic rings. The number of pyridine rings is 1. The predicted molar refractivity (Wildman–Crippen MR) is 85.1 cm³/mol. The molecule has 0 radical (unpaired) electrons. The standard InChI is InChI=1S/C15H18N4O2S/c1-11-16-9-12(22-11)10-18-5-7-19(8-6-18)15(21)13-3-2-4-14(20)17-13/h2-4,9H,5-8,10H2,1H3,(H,17,20). The Kier molecular flexibility index (Phi) is 4.35. The van der Waals surface area contributed by atoms with E-state index in [1.54, 1.807) is 28.4 Å². The number of rotatable bonds is 3. The van der Waals surface area contributed by atoms with Gasteiger partial charge in [-0.1, -0.05) is 6.07 Å². The first-order chi connectivity index (χ1) is 10.6. The monoisotopic (exact) mass is 318 g/mol. The van der Waals surface area contributed by atoms with Crippen molar-refractivity contribution < 1.29 is 4.79 Å². The van der Waals surface area contributed by atoms with E-state index in [0.29, 0.717) is 18.8 Å². The van der Waals surface area contributed by atoms with Crippen molar-refractivity contribution >= 4 is 17.2 Å². The van der Waals surface area contributed by atoms with Gasteiger partial charge in [-0.2, -0.15) is 0 Å². The number of amides is 1. The molecule has 3 heterocycles. The molecule has 1 aliphatic heterocycles. The van der Waals surface area contributed by atoms with Gasteiger partial charge < -0.3 is 9.88 Å². The minimum absolute atomic E-state index is 0.106. The van der Waals surface area contributed by atoms with Crippen molar-refractivity contribution in [1.82, 2.24) is 19.8 Å². The first kappa shape index (κ1) is 14.9. The van der Waals surface area contributed by atoms with Gasteiger partial charge in [0.05, 0.1) is 5.01 Å². The molecule has 2 aromatic rings. The van der Waals surface area contributed by atoms with E-state index < -0.39 is 0 Å². The van der Waals surface area contributed by atoms with Gasteiger partial charge in [0.15, 0.2) is 0 Å². The van der Waals surface area contributed by atoms with Crippen molar-refractivity contribution in [1.29, 1.82) is 0 Å². The highest BCUT2D eigenvalue weighted by Gasteiger charge is 2.22. The van der Waals surface area contributed by atoms with Crippen molar-refractivity contribution in [3.63, 3.8) is 0 Å². The molecule has 22 heavy (non-hydrogen) atoms. The van der Waals surface area contributed by atoms with Crippen LogP contribution in [0.2, 0.25) is 0 Å². The lowest BCUT2D eigenvalue weighted by molar-refractivity contribution is 0.0623. The van der Waals surface area contributed by atoms with Gasteiger partial charge in [0, 0.05) is 49.9 Å². The van der Waals surface area contributed by atoms with Gasteiger partial charge in [-0.15, -0.1) is 11.3 Å². The Balaban J connectivity index is 1.57. The third kappa shape index (κ3) is 3.42. The fourth-order valence-corrected chi connectivity index (χ4v) is 3.39. The predicted octanol–water partition coefficient (Wildman–Crippen LogP) is 1.10. The number of thiazole rings is 1. The molecule has 0 aliphatic carbocycles. The summed E-state index contributed by atoms with van der Waals surface area (Å²) in [7, 11) is 0. The molecule has 1 saturated heterocycles. The molecule has 1 N–H and O–H groups in total. The Hall–Kier alpha value is -1.99. The van der Waals surface area contributed by atoms with Crippen molar-refractivity contribution in [2.24, 2.45) is 0 Å². The second-order valence-electron chi connectivity index (χ2n) is 5.34. The van der Waals surface area contributed by atoms with Gasteiger partial charge in [0.2, 0.25) is 5.56 Å². The Morgan fingerprint density at radius 1 is 1.32 bits per heavy atom. The summed E-state index contributed by atoms with van der Waals surface area (Å²) in [6.07, 6.45) is 1.92. The van der Waals surface area contributed by atoms with Crippen LogP contribution in [0.15, 0.2) is 29.2 Å². The number of aromatic nitrogens is 2. The van der Waals surface area contributed by atoms with Gasteiger partial charge in [-0.05, 0) is 13.0 Å². The normalized spacial score (nSPS) is 16.0. The van der Waals surface area contributed by atoms with Crippen molar-refractivity contribution in [2.45, 2.75) is 13.5 Å². The minimum Gasteiger partial charge on any atom is -0.335 e. The van der Waals surface area contributed by atoms with E-state index in [1.807, 2.05) is 13.1 Å². The molecule has 116 valence electrons. The lowest BCUT2D eigenvalue weighted by atomic mass is 10.2. The first-order valence-electron chi connectivity index (χ1n) is 7.24. The lowest BCUT2D eigenvalue weighted by Crippen LogP contribution is -2.48. The molecule has 1 amide bonds. The molecule has 0 spiro atoms. The van der Waals surface area contributed by atoms with Crippen LogP contribution in [-0.2, 0) is 6.54 Å². The van der Waals surface area contributed by atoms with Crippen LogP contribution in [0.4, 0.5) is 0 Å². The maximum absolute atomic E-state index is 12.3. The Bertz CT molecular complexity index is 716. The van der Waals surface area contributed by atoms with E-state index in [4.69, 9.17) is 0 Å². The van der Waals surface area contributed by atoms with Crippen LogP contribution in [0.5, 0.6) is 0 Å². The van der Waals surface area contributed by atoms with Crippen LogP contribution in [-0.4, -0.2) is 51.9 Å². The highest BCUT2D eigenvalue weighted by molar-refractivity contribution is 7.11. The van der Waals surface area contributed by atoms with Gasteiger partial charge >= 0.3 is 0 Å². The summed E-state index contributed by atoms with van der Waals surface area (Å²) in [5.41, 5.74) is 0.115. The SMILES string of the molecule is Cc1ncc(CN2CCN(C(=O)c3cccc(=O)[nH]3)CC2)s1. The molecular formula is C15H18N4O2S. The second kappa shape index (κ2) is 6.41. The molecule has 1 fully saturated rings. The van der Waals surface area contributed by atoms with E-state index in [9.17, 15) is 9.59 Å². The average Bonchev–Trinajstić information content (AvgIpc) is 2.92. The number of nitrogens with zero attached hydrogens (tertiary/aromatic N) is 3. The number of carbonyl (C=O) groups is 1. The molecule has 6 nitrogen and oxygen atoms in total. The zero-order chi connectivity index (χ0) is 15.5. The molecule has 2 aromatic heterocycles. The number of hydrogen-bond donors (Lipinski definition) is 1. The minimum atomic E-state index is -0.245. The van der Waals surface area contributed by atoms with Crippen LogP contribution in [0.1, 0.15) is 20.4 Å². The highest BCUT2D eigenvalue weighted by atomic mass is 32.1. The first-order valence-corrected chi connectivity index (χ1v) is 8.06. The summed E-state index contributed by atoms with van der Waals surface area (Å²) >= 11 is 1.71. The zero-order valence-corrected chi connectivity index (χ0v) is 13.2. The fourth-order valence-electron chi connectivity index (χ4n) is 2.55. The Morgan fingerprint density at radius 2 is 2.09 bits per heavy atom. The van der Waals surface area contributed by atoms with Crippen LogP contribution in [0.25, 0.3) is 0 Å². The molecule has 0 atom stereocenters. The smallest absolute Gasteiger partial charge is 0.270 e. The molecule has 0 saturated carbocycles. The Labute approximate surface area is 132 Å². The van der Waals surface area contributed by atoms with Gasteiger partial charge in [0.25, 0.3) is 5.91 Å². The molecule has 3 rings (SSSR count). The zero-order valence-electron chi connectivity index (χ0n) is 12.4. The van der Waals surface area contributed by atoms with Crippen molar-refractivity contribution in [2.75, 3.05) is 26.2 Å². The number of piperazine rings is 1. The lowest BCUT2D eigenvalue weighted by Gasteiger charge is -2.34. The molecule has 0 unspecified atom stereocenters. The molecule has 0 bridgehead atoms. The van der Waals surface area contributed by atoms with Crippen LogP contribution in [0.3, 0.4) is 0 Å². The number of hydrogen-bond acceptors (Lipinski definition) is 5. The van der Waals surface area contributed by atoms with Crippen LogP contribution >= 0.6 is 11.3 Å². The van der Waals surface area contributed by atoms with Gasteiger partial charge in [-0.25, -0.2) is 4.98 Å². The summed E-state index contributed by atoms with van der Waals surface area (Å²) in [4.78, 5) is 35.9. The van der Waals surface area contributed by atoms with E-state index in [-0.39, 0.29) is 11.5 Å². The molecule has 0 aromatic carbocycles. The largest absolute Gasteiger partial charge is 0.335 e. The Morgan fingerprint density at radius 3 is 2.73 bits per heavy atom. The summed E-state index contributed by atoms with van der Waals surface area (Å²) in [6.45, 7) is 5.90. The number of nitrogens with one attached hydrogen (secondary N) is 1. The molecular weight excluding hydrogens is 300 g/mol. The number of H-pyrrole nitrogens is 1. The number of carbonyl (C=O) groups excluding carboxylic acids is 1. The van der Waals surface area contributed by atoms with Gasteiger partial charge in [0.1, 0.15) is 5.69 Å². The summed E-state index contributed by atoms with van der Waals surface area (Å²) in [6, 6.07) is 4.66. The van der Waals surface area contributed by atoms with Crippen molar-refractivity contribution in [3.8, 4) is 0 Å². The van der Waals surface area contributed by atoms with Crippen LogP contribution in [0, 0.1) is 6.92 Å². The topological polar surface area (TPSA) is 69.3 Å². The van der Waals surface area contributed by atoms with E-state index in [2.05, 4.69) is 14.9 Å². The maximum atomic E-state index is 12.3. The van der Waals surface area contributed by atoms with E-state index >= 15 is 0 Å². The second-order valence-corrected chi connectivity index (χ2v) is 6.66. The van der Waals surface area contributed by atoms with Crippen LogP contribution < -0.4 is 5.56 Å². The van der Waals surface area contributed by atoms with E-state index in [1.165, 1.54) is 10.9 Å². The quantitative estimate of drug-likeness (QED) is 0.920. The number of aryl methyl sites for hydroxylation is 1. The summed E-state index contributed by atoms with van der Waals surface area (Å²) < 4.78 is 0. The van der Waals surface area contributed by atoms with E-state index in [0.717, 1.165) is 24.6 Å². The third-order valence-corrected chi connectivity index (χ3v) is 4.60. The van der Waals surface area contributed by atoms with Crippen molar-refractivity contribution in [3.05, 3.63) is 50.3 Å². The maximum Gasteiger partial charge on any atom is 0.270 e.